The van der Waals surface area contributed by atoms with Gasteiger partial charge in [-0.2, -0.15) is 13.9 Å². The first-order chi connectivity index (χ1) is 7.75. The number of hydrogen-bond donors (Lipinski definition) is 0. The molecule has 1 aromatic heterocycles. The van der Waals surface area contributed by atoms with Gasteiger partial charge in [0.1, 0.15) is 0 Å². The van der Waals surface area contributed by atoms with Gasteiger partial charge in [-0.1, -0.05) is 0 Å². The first-order valence-electron chi connectivity index (χ1n) is 4.98. The van der Waals surface area contributed by atoms with Gasteiger partial charge in [-0.25, -0.2) is 8.78 Å². The summed E-state index contributed by atoms with van der Waals surface area (Å²) < 4.78 is 50.6. The maximum absolute atomic E-state index is 12.7. The van der Waals surface area contributed by atoms with E-state index in [9.17, 15) is 22.4 Å². The van der Waals surface area contributed by atoms with Gasteiger partial charge in [0.15, 0.2) is 0 Å². The summed E-state index contributed by atoms with van der Waals surface area (Å²) in [6, 6.07) is 1.37. The van der Waals surface area contributed by atoms with Crippen molar-refractivity contribution in [2.45, 2.75) is 38.7 Å². The van der Waals surface area contributed by atoms with Crippen molar-refractivity contribution in [3.63, 3.8) is 0 Å². The molecule has 1 rings (SSSR count). The maximum atomic E-state index is 12.7. The number of aromatic nitrogens is 2. The highest BCUT2D eigenvalue weighted by Gasteiger charge is 2.48. The van der Waals surface area contributed by atoms with E-state index in [2.05, 4.69) is 5.10 Å². The van der Waals surface area contributed by atoms with E-state index in [1.54, 1.807) is 0 Å². The summed E-state index contributed by atoms with van der Waals surface area (Å²) in [6.45, 7) is 3.62. The second-order valence-electron chi connectivity index (χ2n) is 3.90. The number of alkyl halides is 4. The number of ketones is 1. The number of carbonyl (C=O) groups excluding carboxylic acids is 1. The molecule has 0 aromatic carbocycles. The molecular weight excluding hydrogens is 240 g/mol. The van der Waals surface area contributed by atoms with Crippen molar-refractivity contribution in [1.82, 2.24) is 9.78 Å². The van der Waals surface area contributed by atoms with Crippen molar-refractivity contribution in [1.29, 1.82) is 0 Å². The van der Waals surface area contributed by atoms with Crippen LogP contribution >= 0.6 is 0 Å². The third-order valence-electron chi connectivity index (χ3n) is 2.18. The van der Waals surface area contributed by atoms with Crippen molar-refractivity contribution in [2.75, 3.05) is 0 Å². The van der Waals surface area contributed by atoms with E-state index in [1.807, 2.05) is 13.8 Å². The van der Waals surface area contributed by atoms with Gasteiger partial charge >= 0.3 is 12.3 Å². The lowest BCUT2D eigenvalue weighted by Crippen LogP contribution is -2.37. The molecule has 0 fully saturated rings. The van der Waals surface area contributed by atoms with Gasteiger partial charge in [0.05, 0.1) is 12.1 Å². The fraction of sp³-hybridized carbons (Fsp3) is 0.600. The Labute approximate surface area is 95.4 Å². The van der Waals surface area contributed by atoms with Crippen molar-refractivity contribution in [2.24, 2.45) is 0 Å². The first kappa shape index (κ1) is 13.7. The lowest BCUT2D eigenvalue weighted by molar-refractivity contribution is -0.166. The summed E-state index contributed by atoms with van der Waals surface area (Å²) in [5.41, 5.74) is 0.0593. The third-order valence-corrected chi connectivity index (χ3v) is 2.18. The minimum Gasteiger partial charge on any atom is -0.292 e. The van der Waals surface area contributed by atoms with Crippen LogP contribution in [-0.2, 0) is 11.2 Å². The highest BCUT2D eigenvalue weighted by molar-refractivity contribution is 5.87. The average Bonchev–Trinajstić information content (AvgIpc) is 2.65. The van der Waals surface area contributed by atoms with Crippen LogP contribution in [0.5, 0.6) is 0 Å². The normalized spacial score (nSPS) is 12.5. The largest absolute Gasteiger partial charge is 0.364 e. The van der Waals surface area contributed by atoms with Gasteiger partial charge in [-0.3, -0.25) is 9.48 Å². The van der Waals surface area contributed by atoms with Crippen molar-refractivity contribution in [3.8, 4) is 0 Å². The molecule has 0 saturated carbocycles. The summed E-state index contributed by atoms with van der Waals surface area (Å²) in [6.07, 6.45) is -3.27. The van der Waals surface area contributed by atoms with E-state index in [4.69, 9.17) is 0 Å². The molecule has 17 heavy (non-hydrogen) atoms. The van der Waals surface area contributed by atoms with Gasteiger partial charge in [0.25, 0.3) is 0 Å². The third kappa shape index (κ3) is 3.04. The molecule has 0 amide bonds. The molecule has 0 atom stereocenters. The number of rotatable bonds is 5. The SMILES string of the molecule is CC(C)n1ccc(CC(=O)C(F)(F)C(F)F)n1. The topological polar surface area (TPSA) is 34.9 Å². The van der Waals surface area contributed by atoms with Crippen molar-refractivity contribution >= 4 is 5.78 Å². The van der Waals surface area contributed by atoms with Crippen LogP contribution in [0.2, 0.25) is 0 Å². The van der Waals surface area contributed by atoms with Crippen molar-refractivity contribution < 1.29 is 22.4 Å². The van der Waals surface area contributed by atoms with Crippen molar-refractivity contribution in [3.05, 3.63) is 18.0 Å². The zero-order valence-electron chi connectivity index (χ0n) is 9.33. The van der Waals surface area contributed by atoms with Crippen LogP contribution in [0.4, 0.5) is 17.6 Å². The highest BCUT2D eigenvalue weighted by Crippen LogP contribution is 2.25. The molecule has 0 spiro atoms. The average molecular weight is 252 g/mol. The molecule has 0 aliphatic heterocycles. The predicted octanol–water partition coefficient (Wildman–Crippen LogP) is 2.48. The molecule has 0 saturated heterocycles. The van der Waals surface area contributed by atoms with Gasteiger partial charge in [-0.15, -0.1) is 0 Å². The molecule has 3 nitrogen and oxygen atoms in total. The number of carbonyl (C=O) groups is 1. The van der Waals surface area contributed by atoms with Gasteiger partial charge in [0, 0.05) is 12.2 Å². The Bertz CT molecular complexity index is 401. The van der Waals surface area contributed by atoms with E-state index < -0.39 is 24.6 Å². The van der Waals surface area contributed by atoms with E-state index in [0.29, 0.717) is 0 Å². The standard InChI is InChI=1S/C10H12F4N2O/c1-6(2)16-4-3-7(15-16)5-8(17)10(13,14)9(11)12/h3-4,6,9H,5H2,1-2H3. The number of halogens is 4. The van der Waals surface area contributed by atoms with Crippen LogP contribution < -0.4 is 0 Å². The zero-order chi connectivity index (χ0) is 13.2. The molecule has 1 aromatic rings. The number of nitrogens with zero attached hydrogens (tertiary/aromatic N) is 2. The van der Waals surface area contributed by atoms with E-state index in [0.717, 1.165) is 0 Å². The lowest BCUT2D eigenvalue weighted by atomic mass is 10.1. The predicted molar refractivity (Wildman–Crippen MR) is 52.3 cm³/mol. The monoisotopic (exact) mass is 252 g/mol. The molecule has 7 heteroatoms. The van der Waals surface area contributed by atoms with Crippen LogP contribution in [0, 0.1) is 0 Å². The molecule has 0 bridgehead atoms. The molecule has 0 aliphatic rings. The Kier molecular flexibility index (Phi) is 3.90. The smallest absolute Gasteiger partial charge is 0.292 e. The molecule has 0 radical (unpaired) electrons. The molecule has 96 valence electrons. The molecule has 0 aliphatic carbocycles. The summed E-state index contributed by atoms with van der Waals surface area (Å²) >= 11 is 0. The van der Waals surface area contributed by atoms with Crippen LogP contribution in [-0.4, -0.2) is 27.9 Å². The van der Waals surface area contributed by atoms with E-state index in [-0.39, 0.29) is 11.7 Å². The second kappa shape index (κ2) is 4.85. The van der Waals surface area contributed by atoms with Crippen LogP contribution in [0.25, 0.3) is 0 Å². The van der Waals surface area contributed by atoms with Gasteiger partial charge < -0.3 is 0 Å². The summed E-state index contributed by atoms with van der Waals surface area (Å²) in [5, 5.41) is 3.84. The fourth-order valence-electron chi connectivity index (χ4n) is 1.16. The summed E-state index contributed by atoms with van der Waals surface area (Å²) in [5.74, 6) is -6.43. The Hall–Kier alpha value is -1.40. The van der Waals surface area contributed by atoms with E-state index in [1.165, 1.54) is 16.9 Å². The van der Waals surface area contributed by atoms with Crippen LogP contribution in [0.15, 0.2) is 12.3 Å². The molecule has 0 unspecified atom stereocenters. The Morgan fingerprint density at radius 3 is 2.47 bits per heavy atom. The Morgan fingerprint density at radius 1 is 1.47 bits per heavy atom. The van der Waals surface area contributed by atoms with E-state index >= 15 is 0 Å². The number of Topliss-reactive ketones (excluding diaryl/α,β-unsaturated/α-hetero) is 1. The lowest BCUT2D eigenvalue weighted by Gasteiger charge is -2.12. The first-order valence-corrected chi connectivity index (χ1v) is 4.98. The highest BCUT2D eigenvalue weighted by atomic mass is 19.3. The maximum Gasteiger partial charge on any atom is 0.364 e. The van der Waals surface area contributed by atoms with Gasteiger partial charge in [0.2, 0.25) is 5.78 Å². The minimum absolute atomic E-state index is 0.00876. The Balaban J connectivity index is 2.74. The number of hydrogen-bond acceptors (Lipinski definition) is 2. The van der Waals surface area contributed by atoms with Crippen LogP contribution in [0.1, 0.15) is 25.6 Å². The van der Waals surface area contributed by atoms with Crippen LogP contribution in [0.3, 0.4) is 0 Å². The quantitative estimate of drug-likeness (QED) is 0.754. The zero-order valence-corrected chi connectivity index (χ0v) is 9.33. The molecule has 1 heterocycles. The molecule has 0 N–H and O–H groups in total. The fourth-order valence-corrected chi connectivity index (χ4v) is 1.16. The minimum atomic E-state index is -4.61. The summed E-state index contributed by atoms with van der Waals surface area (Å²) in [7, 11) is 0. The second-order valence-corrected chi connectivity index (χ2v) is 3.90. The Morgan fingerprint density at radius 2 is 2.06 bits per heavy atom. The summed E-state index contributed by atoms with van der Waals surface area (Å²) in [4.78, 5) is 11.0. The van der Waals surface area contributed by atoms with Gasteiger partial charge in [-0.05, 0) is 19.9 Å². The molecular formula is C10H12F4N2O.